The first-order valence-corrected chi connectivity index (χ1v) is 10.5. The lowest BCUT2D eigenvalue weighted by Gasteiger charge is -2.29. The van der Waals surface area contributed by atoms with Gasteiger partial charge < -0.3 is 14.4 Å². The largest absolute Gasteiger partial charge is 0.496 e. The number of rotatable bonds is 8. The number of ether oxygens (including phenoxy) is 1. The molecular weight excluding hydrogens is 389 g/mol. The number of aryl methyl sites for hydroxylation is 3. The Morgan fingerprint density at radius 2 is 2.00 bits per heavy atom. The Morgan fingerprint density at radius 1 is 1.24 bits per heavy atom. The molecule has 156 valence electrons. The zero-order valence-electron chi connectivity index (χ0n) is 17.6. The first kappa shape index (κ1) is 21.5. The Balaban J connectivity index is 2.08. The maximum atomic E-state index is 14.0. The van der Waals surface area contributed by atoms with Crippen molar-refractivity contribution < 1.29 is 14.2 Å². The molecule has 0 saturated heterocycles. The first-order chi connectivity index (χ1) is 13.6. The summed E-state index contributed by atoms with van der Waals surface area (Å²) in [6.45, 7) is 7.21. The summed E-state index contributed by atoms with van der Waals surface area (Å²) in [4.78, 5) is 8.84. The number of aliphatic hydroxyl groups is 1. The molecule has 1 aromatic carbocycles. The van der Waals surface area contributed by atoms with E-state index in [4.69, 9.17) is 4.74 Å². The van der Waals surface area contributed by atoms with Crippen LogP contribution in [0.4, 0.5) is 4.39 Å². The molecule has 0 fully saturated rings. The van der Waals surface area contributed by atoms with Crippen LogP contribution in [0, 0.1) is 13.8 Å². The number of benzene rings is 1. The lowest BCUT2D eigenvalue weighted by Crippen LogP contribution is -2.33. The molecule has 5 nitrogen and oxygen atoms in total. The molecule has 3 aromatic rings. The molecule has 1 atom stereocenters. The molecule has 0 radical (unpaired) electrons. The Labute approximate surface area is 175 Å². The number of aromatic nitrogens is 3. The smallest absolute Gasteiger partial charge is 0.162 e. The Bertz CT molecular complexity index is 977. The van der Waals surface area contributed by atoms with Crippen molar-refractivity contribution in [1.82, 2.24) is 14.5 Å². The lowest BCUT2D eigenvalue weighted by atomic mass is 9.90. The third-order valence-corrected chi connectivity index (χ3v) is 5.98. The molecule has 2 aromatic heterocycles. The highest BCUT2D eigenvalue weighted by atomic mass is 32.1. The predicted octanol–water partition coefficient (Wildman–Crippen LogP) is 4.58. The number of methoxy groups -OCH3 is 1. The number of hydrogen-bond donors (Lipinski definition) is 1. The second kappa shape index (κ2) is 8.24. The molecule has 0 amide bonds. The molecule has 0 aliphatic rings. The lowest BCUT2D eigenvalue weighted by molar-refractivity contribution is 0.0581. The topological polar surface area (TPSA) is 60.2 Å². The van der Waals surface area contributed by atoms with E-state index in [9.17, 15) is 9.50 Å². The summed E-state index contributed by atoms with van der Waals surface area (Å²) in [6.07, 6.45) is 4.54. The average molecular weight is 418 g/mol. The van der Waals surface area contributed by atoms with Crippen molar-refractivity contribution >= 4 is 11.3 Å². The van der Waals surface area contributed by atoms with Gasteiger partial charge >= 0.3 is 0 Å². The molecule has 1 unspecified atom stereocenters. The van der Waals surface area contributed by atoms with E-state index in [2.05, 4.69) is 9.97 Å². The van der Waals surface area contributed by atoms with Crippen LogP contribution in [0.2, 0.25) is 0 Å². The van der Waals surface area contributed by atoms with Crippen molar-refractivity contribution in [2.45, 2.75) is 58.4 Å². The zero-order valence-corrected chi connectivity index (χ0v) is 18.4. The maximum Gasteiger partial charge on any atom is 0.162 e. The number of alkyl halides is 1. The van der Waals surface area contributed by atoms with Gasteiger partial charge in [0.1, 0.15) is 16.4 Å². The van der Waals surface area contributed by atoms with Gasteiger partial charge in [0.15, 0.2) is 5.60 Å². The standard InChI is InChI=1S/C22H28FN3O2S/c1-15-11-26(14-24-15)13-22(27,20-25-16(2)12-29-20)18-10-17(6-7-19(18)28-5)8-9-21(3,4)23/h6-7,10-12,14,27H,8-9,13H2,1-5H3. The molecule has 1 N–H and O–H groups in total. The predicted molar refractivity (Wildman–Crippen MR) is 113 cm³/mol. The van der Waals surface area contributed by atoms with E-state index in [1.54, 1.807) is 27.3 Å². The molecule has 7 heteroatoms. The van der Waals surface area contributed by atoms with Crippen LogP contribution in [0.3, 0.4) is 0 Å². The van der Waals surface area contributed by atoms with Gasteiger partial charge in [-0.3, -0.25) is 0 Å². The summed E-state index contributed by atoms with van der Waals surface area (Å²) in [6, 6.07) is 5.66. The normalized spacial score (nSPS) is 14.0. The van der Waals surface area contributed by atoms with Crippen molar-refractivity contribution in [3.63, 3.8) is 0 Å². The van der Waals surface area contributed by atoms with Crippen molar-refractivity contribution in [3.05, 3.63) is 63.6 Å². The zero-order chi connectivity index (χ0) is 21.2. The number of thiazole rings is 1. The fraction of sp³-hybridized carbons (Fsp3) is 0.455. The summed E-state index contributed by atoms with van der Waals surface area (Å²) in [5.74, 6) is 0.570. The number of nitrogens with zero attached hydrogens (tertiary/aromatic N) is 3. The molecule has 0 spiro atoms. The minimum Gasteiger partial charge on any atom is -0.496 e. The molecule has 0 aliphatic carbocycles. The van der Waals surface area contributed by atoms with E-state index in [1.165, 1.54) is 11.3 Å². The van der Waals surface area contributed by atoms with Crippen LogP contribution in [0.25, 0.3) is 0 Å². The minimum atomic E-state index is -1.40. The summed E-state index contributed by atoms with van der Waals surface area (Å²) in [5.41, 5.74) is 0.624. The number of imidazole rings is 1. The Morgan fingerprint density at radius 3 is 2.55 bits per heavy atom. The van der Waals surface area contributed by atoms with E-state index in [0.29, 0.717) is 29.2 Å². The molecule has 29 heavy (non-hydrogen) atoms. The third-order valence-electron chi connectivity index (χ3n) is 4.86. The van der Waals surface area contributed by atoms with Gasteiger partial charge in [0, 0.05) is 22.8 Å². The van der Waals surface area contributed by atoms with Crippen LogP contribution in [-0.2, 0) is 18.6 Å². The SMILES string of the molecule is COc1ccc(CCC(C)(C)F)cc1C(O)(Cn1cnc(C)c1)c1nc(C)cs1. The molecule has 2 heterocycles. The van der Waals surface area contributed by atoms with Gasteiger partial charge in [-0.15, -0.1) is 11.3 Å². The van der Waals surface area contributed by atoms with Crippen molar-refractivity contribution in [3.8, 4) is 5.75 Å². The van der Waals surface area contributed by atoms with E-state index in [0.717, 1.165) is 17.0 Å². The molecule has 0 saturated carbocycles. The monoisotopic (exact) mass is 417 g/mol. The van der Waals surface area contributed by atoms with E-state index in [1.807, 2.05) is 48.2 Å². The van der Waals surface area contributed by atoms with Gasteiger partial charge in [0.2, 0.25) is 0 Å². The summed E-state index contributed by atoms with van der Waals surface area (Å²) in [7, 11) is 1.58. The minimum absolute atomic E-state index is 0.245. The van der Waals surface area contributed by atoms with Crippen LogP contribution in [0.15, 0.2) is 36.1 Å². The molecule has 0 aliphatic heterocycles. The maximum absolute atomic E-state index is 14.0. The van der Waals surface area contributed by atoms with E-state index < -0.39 is 11.3 Å². The Hall–Kier alpha value is -2.25. The first-order valence-electron chi connectivity index (χ1n) is 9.60. The van der Waals surface area contributed by atoms with Crippen molar-refractivity contribution in [2.24, 2.45) is 0 Å². The van der Waals surface area contributed by atoms with Gasteiger partial charge in [-0.05, 0) is 58.2 Å². The second-order valence-corrected chi connectivity index (χ2v) is 8.95. The van der Waals surface area contributed by atoms with Crippen molar-refractivity contribution in [2.75, 3.05) is 7.11 Å². The quantitative estimate of drug-likeness (QED) is 0.583. The number of halogens is 1. The fourth-order valence-electron chi connectivity index (χ4n) is 3.31. The van der Waals surface area contributed by atoms with Gasteiger partial charge in [0.05, 0.1) is 25.7 Å². The highest BCUT2D eigenvalue weighted by Gasteiger charge is 2.38. The van der Waals surface area contributed by atoms with Crippen molar-refractivity contribution in [1.29, 1.82) is 0 Å². The Kier molecular flexibility index (Phi) is 6.10. The van der Waals surface area contributed by atoms with Gasteiger partial charge in [0.25, 0.3) is 0 Å². The highest BCUT2D eigenvalue weighted by Crippen LogP contribution is 2.39. The van der Waals surface area contributed by atoms with E-state index >= 15 is 0 Å². The fourth-order valence-corrected chi connectivity index (χ4v) is 4.21. The third kappa shape index (κ3) is 5.03. The van der Waals surface area contributed by atoms with Crippen LogP contribution in [0.1, 0.15) is 47.8 Å². The van der Waals surface area contributed by atoms with Crippen LogP contribution >= 0.6 is 11.3 Å². The van der Waals surface area contributed by atoms with E-state index in [-0.39, 0.29) is 6.54 Å². The summed E-state index contributed by atoms with van der Waals surface area (Å²) in [5, 5.41) is 14.4. The van der Waals surface area contributed by atoms with Crippen LogP contribution in [-0.4, -0.2) is 32.4 Å². The van der Waals surface area contributed by atoms with Gasteiger partial charge in [-0.1, -0.05) is 6.07 Å². The highest BCUT2D eigenvalue weighted by molar-refractivity contribution is 7.09. The summed E-state index contributed by atoms with van der Waals surface area (Å²) >= 11 is 1.41. The number of hydrogen-bond acceptors (Lipinski definition) is 5. The van der Waals surface area contributed by atoms with Crippen LogP contribution in [0.5, 0.6) is 5.75 Å². The molecular formula is C22H28FN3O2S. The average Bonchev–Trinajstić information content (AvgIpc) is 3.27. The second-order valence-electron chi connectivity index (χ2n) is 8.10. The molecule has 3 rings (SSSR count). The van der Waals surface area contributed by atoms with Gasteiger partial charge in [-0.2, -0.15) is 0 Å². The van der Waals surface area contributed by atoms with Crippen LogP contribution < -0.4 is 4.74 Å². The molecule has 0 bridgehead atoms. The summed E-state index contributed by atoms with van der Waals surface area (Å²) < 4.78 is 21.5. The van der Waals surface area contributed by atoms with Gasteiger partial charge in [-0.25, -0.2) is 14.4 Å².